The number of halogens is 4. The fourth-order valence-corrected chi connectivity index (χ4v) is 3.96. The van der Waals surface area contributed by atoms with Gasteiger partial charge in [-0.05, 0) is 54.0 Å². The number of benzene rings is 3. The molecule has 0 saturated heterocycles. The Bertz CT molecular complexity index is 1290. The summed E-state index contributed by atoms with van der Waals surface area (Å²) in [5.41, 5.74) is 1.42. The van der Waals surface area contributed by atoms with Crippen molar-refractivity contribution in [3.8, 4) is 17.1 Å². The van der Waals surface area contributed by atoms with Gasteiger partial charge in [0.2, 0.25) is 0 Å². The maximum Gasteiger partial charge on any atom is 0.194 e. The average Bonchev–Trinajstić information content (AvgIpc) is 2.87. The number of nitrogens with zero attached hydrogens (tertiary/aromatic N) is 2. The molecule has 4 rings (SSSR count). The Morgan fingerprint density at radius 3 is 2.23 bits per heavy atom. The first-order valence-corrected chi connectivity index (χ1v) is 11.8. The van der Waals surface area contributed by atoms with Crippen LogP contribution in [-0.2, 0) is 12.8 Å². The molecule has 1 aromatic heterocycles. The van der Waals surface area contributed by atoms with Gasteiger partial charge in [-0.2, -0.15) is 0 Å². The summed E-state index contributed by atoms with van der Waals surface area (Å²) in [7, 11) is 0. The molecule has 0 aliphatic carbocycles. The molecule has 0 unspecified atom stereocenters. The molecule has 182 valence electrons. The molecule has 3 aromatic carbocycles. The molecule has 0 spiro atoms. The smallest absolute Gasteiger partial charge is 0.194 e. The first-order valence-electron chi connectivity index (χ1n) is 11.8. The summed E-state index contributed by atoms with van der Waals surface area (Å²) < 4.78 is 60.8. The summed E-state index contributed by atoms with van der Waals surface area (Å²) in [6.07, 6.45) is 8.16. The van der Waals surface area contributed by atoms with Crippen LogP contribution in [0, 0.1) is 23.3 Å². The lowest BCUT2D eigenvalue weighted by atomic mass is 9.99. The minimum atomic E-state index is -1.50. The number of unbranched alkanes of at least 4 members (excludes halogenated alkanes) is 3. The standard InChI is InChI=1S/C28H26F4N2O/c1-2-3-4-5-12-35-22-16-33-28(34-17-22)21-10-11-23-20(15-21)9-8-19(26(23)31)7-6-18-13-24(29)27(32)25(30)14-18/h8-11,13-17H,2-7,12H2,1H3. The first kappa shape index (κ1) is 24.6. The van der Waals surface area contributed by atoms with Crippen molar-refractivity contribution in [3.05, 3.63) is 89.3 Å². The first-order chi connectivity index (χ1) is 17.0. The van der Waals surface area contributed by atoms with Crippen molar-refractivity contribution >= 4 is 10.8 Å². The molecule has 0 amide bonds. The van der Waals surface area contributed by atoms with Crippen LogP contribution in [0.15, 0.2) is 54.9 Å². The maximum atomic E-state index is 15.1. The zero-order chi connectivity index (χ0) is 24.8. The van der Waals surface area contributed by atoms with E-state index in [1.165, 1.54) is 12.8 Å². The molecule has 0 atom stereocenters. The average molecular weight is 483 g/mol. The van der Waals surface area contributed by atoms with E-state index in [-0.39, 0.29) is 18.4 Å². The normalized spacial score (nSPS) is 11.2. The van der Waals surface area contributed by atoms with Crippen molar-refractivity contribution in [3.63, 3.8) is 0 Å². The highest BCUT2D eigenvalue weighted by atomic mass is 19.2. The summed E-state index contributed by atoms with van der Waals surface area (Å²) in [4.78, 5) is 8.75. The van der Waals surface area contributed by atoms with Gasteiger partial charge in [-0.1, -0.05) is 50.5 Å². The van der Waals surface area contributed by atoms with E-state index in [1.807, 2.05) is 6.07 Å². The van der Waals surface area contributed by atoms with Crippen LogP contribution >= 0.6 is 0 Å². The van der Waals surface area contributed by atoms with Crippen LogP contribution in [0.2, 0.25) is 0 Å². The molecular formula is C28H26F4N2O. The second kappa shape index (κ2) is 11.3. The molecule has 35 heavy (non-hydrogen) atoms. The van der Waals surface area contributed by atoms with E-state index in [9.17, 15) is 13.2 Å². The third-order valence-corrected chi connectivity index (χ3v) is 5.91. The second-order valence-corrected chi connectivity index (χ2v) is 8.50. The molecule has 0 fully saturated rings. The van der Waals surface area contributed by atoms with E-state index in [1.54, 1.807) is 36.7 Å². The minimum Gasteiger partial charge on any atom is -0.490 e. The van der Waals surface area contributed by atoms with Crippen LogP contribution in [0.4, 0.5) is 17.6 Å². The SMILES string of the molecule is CCCCCCOc1cnc(-c2ccc3c(F)c(CCc4cc(F)c(F)c(F)c4)ccc3c2)nc1. The third kappa shape index (κ3) is 5.96. The van der Waals surface area contributed by atoms with Crippen molar-refractivity contribution in [1.82, 2.24) is 9.97 Å². The Labute approximate surface area is 201 Å². The van der Waals surface area contributed by atoms with Gasteiger partial charge in [0.15, 0.2) is 29.0 Å². The third-order valence-electron chi connectivity index (χ3n) is 5.91. The van der Waals surface area contributed by atoms with Crippen molar-refractivity contribution in [2.45, 2.75) is 45.4 Å². The number of aryl methyl sites for hydroxylation is 2. The Morgan fingerprint density at radius 2 is 1.51 bits per heavy atom. The van der Waals surface area contributed by atoms with Gasteiger partial charge in [0.25, 0.3) is 0 Å². The van der Waals surface area contributed by atoms with Gasteiger partial charge in [0, 0.05) is 10.9 Å². The van der Waals surface area contributed by atoms with Crippen LogP contribution in [0.1, 0.15) is 43.7 Å². The lowest BCUT2D eigenvalue weighted by molar-refractivity contribution is 0.303. The predicted octanol–water partition coefficient (Wildman–Crippen LogP) is 7.60. The summed E-state index contributed by atoms with van der Waals surface area (Å²) in [6.45, 7) is 2.79. The zero-order valence-corrected chi connectivity index (χ0v) is 19.5. The van der Waals surface area contributed by atoms with Gasteiger partial charge in [0.1, 0.15) is 5.82 Å². The Kier molecular flexibility index (Phi) is 7.95. The number of ether oxygens (including phenoxy) is 1. The van der Waals surface area contributed by atoms with E-state index < -0.39 is 23.3 Å². The van der Waals surface area contributed by atoms with Gasteiger partial charge in [-0.15, -0.1) is 0 Å². The molecule has 0 aliphatic rings. The van der Waals surface area contributed by atoms with E-state index in [2.05, 4.69) is 16.9 Å². The Morgan fingerprint density at radius 1 is 0.771 bits per heavy atom. The quantitative estimate of drug-likeness (QED) is 0.133. The topological polar surface area (TPSA) is 35.0 Å². The summed E-state index contributed by atoms with van der Waals surface area (Å²) >= 11 is 0. The molecular weight excluding hydrogens is 456 g/mol. The number of hydrogen-bond acceptors (Lipinski definition) is 3. The summed E-state index contributed by atoms with van der Waals surface area (Å²) in [5, 5.41) is 1.11. The monoisotopic (exact) mass is 482 g/mol. The Balaban J connectivity index is 1.45. The summed E-state index contributed by atoms with van der Waals surface area (Å²) in [5.74, 6) is -3.28. The van der Waals surface area contributed by atoms with Crippen LogP contribution in [0.5, 0.6) is 5.75 Å². The molecule has 0 N–H and O–H groups in total. The van der Waals surface area contributed by atoms with Gasteiger partial charge in [0.05, 0.1) is 19.0 Å². The van der Waals surface area contributed by atoms with Gasteiger partial charge in [-0.3, -0.25) is 0 Å². The minimum absolute atomic E-state index is 0.176. The zero-order valence-electron chi connectivity index (χ0n) is 19.5. The van der Waals surface area contributed by atoms with Crippen molar-refractivity contribution in [2.24, 2.45) is 0 Å². The number of hydrogen-bond donors (Lipinski definition) is 0. The number of aromatic nitrogens is 2. The molecule has 3 nitrogen and oxygen atoms in total. The molecule has 7 heteroatoms. The fourth-order valence-electron chi connectivity index (χ4n) is 3.96. The lowest BCUT2D eigenvalue weighted by Crippen LogP contribution is -2.00. The highest BCUT2D eigenvalue weighted by molar-refractivity contribution is 5.87. The second-order valence-electron chi connectivity index (χ2n) is 8.50. The highest BCUT2D eigenvalue weighted by Crippen LogP contribution is 2.27. The van der Waals surface area contributed by atoms with Gasteiger partial charge < -0.3 is 4.74 Å². The van der Waals surface area contributed by atoms with Crippen LogP contribution in [0.3, 0.4) is 0 Å². The van der Waals surface area contributed by atoms with Crippen molar-refractivity contribution in [1.29, 1.82) is 0 Å². The lowest BCUT2D eigenvalue weighted by Gasteiger charge is -2.09. The Hall–Kier alpha value is -3.48. The van der Waals surface area contributed by atoms with Crippen molar-refractivity contribution < 1.29 is 22.3 Å². The molecule has 0 saturated carbocycles. The van der Waals surface area contributed by atoms with Crippen LogP contribution < -0.4 is 4.74 Å². The van der Waals surface area contributed by atoms with E-state index in [4.69, 9.17) is 4.74 Å². The molecule has 0 bridgehead atoms. The molecule has 4 aromatic rings. The molecule has 1 heterocycles. The van der Waals surface area contributed by atoms with Crippen LogP contribution in [0.25, 0.3) is 22.2 Å². The van der Waals surface area contributed by atoms with Crippen molar-refractivity contribution in [2.75, 3.05) is 6.61 Å². The predicted molar refractivity (Wildman–Crippen MR) is 128 cm³/mol. The van der Waals surface area contributed by atoms with E-state index >= 15 is 4.39 Å². The van der Waals surface area contributed by atoms with Crippen LogP contribution in [-0.4, -0.2) is 16.6 Å². The fraction of sp³-hybridized carbons (Fsp3) is 0.286. The van der Waals surface area contributed by atoms with E-state index in [0.717, 1.165) is 30.5 Å². The largest absolute Gasteiger partial charge is 0.490 e. The summed E-state index contributed by atoms with van der Waals surface area (Å²) in [6, 6.07) is 10.5. The number of fused-ring (bicyclic) bond motifs is 1. The van der Waals surface area contributed by atoms with Gasteiger partial charge >= 0.3 is 0 Å². The molecule has 0 aliphatic heterocycles. The number of rotatable bonds is 10. The molecule has 0 radical (unpaired) electrons. The van der Waals surface area contributed by atoms with Gasteiger partial charge in [-0.25, -0.2) is 27.5 Å². The maximum absolute atomic E-state index is 15.1. The van der Waals surface area contributed by atoms with E-state index in [0.29, 0.717) is 34.5 Å². The highest BCUT2D eigenvalue weighted by Gasteiger charge is 2.13.